The molecule has 2 unspecified atom stereocenters. The van der Waals surface area contributed by atoms with Crippen LogP contribution >= 0.6 is 11.6 Å². The van der Waals surface area contributed by atoms with Crippen molar-refractivity contribution < 1.29 is 9.66 Å². The lowest BCUT2D eigenvalue weighted by Gasteiger charge is -2.19. The second-order valence-corrected chi connectivity index (χ2v) is 4.43. The maximum absolute atomic E-state index is 10.9. The Kier molecular flexibility index (Phi) is 3.93. The number of halogens is 1. The van der Waals surface area contributed by atoms with Crippen molar-refractivity contribution in [1.29, 1.82) is 0 Å². The van der Waals surface area contributed by atoms with Crippen molar-refractivity contribution in [2.75, 3.05) is 12.4 Å². The van der Waals surface area contributed by atoms with E-state index >= 15 is 0 Å². The minimum Gasteiger partial charge on any atom is -0.379 e. The highest BCUT2D eigenvalue weighted by molar-refractivity contribution is 6.31. The molecule has 1 saturated carbocycles. The van der Waals surface area contributed by atoms with Gasteiger partial charge < -0.3 is 10.1 Å². The zero-order valence-corrected chi connectivity index (χ0v) is 10.6. The topological polar surface area (TPSA) is 90.2 Å². The zero-order valence-electron chi connectivity index (χ0n) is 9.80. The van der Waals surface area contributed by atoms with E-state index in [2.05, 4.69) is 15.3 Å². The summed E-state index contributed by atoms with van der Waals surface area (Å²) in [6.07, 6.45) is 4.08. The van der Waals surface area contributed by atoms with Gasteiger partial charge in [-0.05, 0) is 19.3 Å². The highest BCUT2D eigenvalue weighted by Crippen LogP contribution is 2.31. The van der Waals surface area contributed by atoms with E-state index in [-0.39, 0.29) is 28.8 Å². The number of hydrogen-bond acceptors (Lipinski definition) is 6. The van der Waals surface area contributed by atoms with Gasteiger partial charge in [0.1, 0.15) is 6.33 Å². The van der Waals surface area contributed by atoms with Crippen LogP contribution in [0.4, 0.5) is 11.5 Å². The summed E-state index contributed by atoms with van der Waals surface area (Å²) in [6, 6.07) is 0.0136. The summed E-state index contributed by atoms with van der Waals surface area (Å²) >= 11 is 5.72. The van der Waals surface area contributed by atoms with E-state index in [1.165, 1.54) is 6.33 Å². The number of nitrogens with one attached hydrogen (secondary N) is 1. The molecule has 1 heterocycles. The standard InChI is InChI=1S/C10H13ClN4O3/c1-18-7-4-2-3-6(7)14-10-8(15(16)17)9(11)12-5-13-10/h5-7H,2-4H2,1H3,(H,12,13,14). The van der Waals surface area contributed by atoms with Crippen LogP contribution < -0.4 is 5.32 Å². The van der Waals surface area contributed by atoms with Crippen molar-refractivity contribution >= 4 is 23.1 Å². The fourth-order valence-corrected chi connectivity index (χ4v) is 2.38. The first kappa shape index (κ1) is 13.0. The van der Waals surface area contributed by atoms with Crippen LogP contribution in [-0.2, 0) is 4.74 Å². The first-order valence-corrected chi connectivity index (χ1v) is 5.95. The minimum absolute atomic E-state index is 0.0136. The third-order valence-electron chi connectivity index (χ3n) is 3.04. The molecule has 98 valence electrons. The molecule has 0 radical (unpaired) electrons. The Morgan fingerprint density at radius 1 is 1.56 bits per heavy atom. The largest absolute Gasteiger partial charge is 0.379 e. The van der Waals surface area contributed by atoms with Gasteiger partial charge in [0.25, 0.3) is 0 Å². The van der Waals surface area contributed by atoms with Crippen molar-refractivity contribution in [2.24, 2.45) is 0 Å². The molecule has 18 heavy (non-hydrogen) atoms. The molecule has 0 aromatic carbocycles. The van der Waals surface area contributed by atoms with Gasteiger partial charge in [0.2, 0.25) is 11.0 Å². The summed E-state index contributed by atoms with van der Waals surface area (Å²) in [6.45, 7) is 0. The SMILES string of the molecule is COC1CCCC1Nc1ncnc(Cl)c1[N+](=O)[O-]. The van der Waals surface area contributed by atoms with E-state index in [4.69, 9.17) is 16.3 Å². The average molecular weight is 273 g/mol. The monoisotopic (exact) mass is 272 g/mol. The molecule has 2 atom stereocenters. The lowest BCUT2D eigenvalue weighted by molar-refractivity contribution is -0.384. The van der Waals surface area contributed by atoms with Gasteiger partial charge in [-0.3, -0.25) is 10.1 Å². The highest BCUT2D eigenvalue weighted by Gasteiger charge is 2.30. The highest BCUT2D eigenvalue weighted by atomic mass is 35.5. The van der Waals surface area contributed by atoms with Gasteiger partial charge in [-0.15, -0.1) is 0 Å². The van der Waals surface area contributed by atoms with Crippen LogP contribution in [0.3, 0.4) is 0 Å². The van der Waals surface area contributed by atoms with Gasteiger partial charge in [0, 0.05) is 7.11 Å². The van der Waals surface area contributed by atoms with Crippen molar-refractivity contribution in [3.8, 4) is 0 Å². The maximum Gasteiger partial charge on any atom is 0.348 e. The van der Waals surface area contributed by atoms with Crippen LogP contribution in [0.15, 0.2) is 6.33 Å². The Balaban J connectivity index is 2.23. The molecular weight excluding hydrogens is 260 g/mol. The normalized spacial score (nSPS) is 23.0. The summed E-state index contributed by atoms with van der Waals surface area (Å²) in [7, 11) is 1.63. The van der Waals surface area contributed by atoms with Gasteiger partial charge in [0.15, 0.2) is 0 Å². The molecule has 0 aliphatic heterocycles. The average Bonchev–Trinajstić information content (AvgIpc) is 2.76. The minimum atomic E-state index is -0.582. The molecule has 0 saturated heterocycles. The fraction of sp³-hybridized carbons (Fsp3) is 0.600. The quantitative estimate of drug-likeness (QED) is 0.512. The third kappa shape index (κ3) is 2.51. The Labute approximate surface area is 109 Å². The number of nitrogens with zero attached hydrogens (tertiary/aromatic N) is 3. The second kappa shape index (κ2) is 5.45. The molecule has 2 rings (SSSR count). The lowest BCUT2D eigenvalue weighted by Crippen LogP contribution is -2.30. The Morgan fingerprint density at radius 3 is 3.00 bits per heavy atom. The van der Waals surface area contributed by atoms with Crippen LogP contribution in [0.2, 0.25) is 5.15 Å². The molecule has 7 nitrogen and oxygen atoms in total. The van der Waals surface area contributed by atoms with E-state index in [0.717, 1.165) is 19.3 Å². The number of anilines is 1. The van der Waals surface area contributed by atoms with Crippen molar-refractivity contribution in [1.82, 2.24) is 9.97 Å². The molecule has 0 bridgehead atoms. The molecule has 1 aliphatic carbocycles. The molecule has 1 aromatic rings. The summed E-state index contributed by atoms with van der Waals surface area (Å²) in [5.41, 5.74) is -0.291. The number of hydrogen-bond donors (Lipinski definition) is 1. The number of rotatable bonds is 4. The number of aromatic nitrogens is 2. The molecule has 0 spiro atoms. The summed E-state index contributed by atoms with van der Waals surface area (Å²) in [5.74, 6) is 0.147. The van der Waals surface area contributed by atoms with Crippen LogP contribution in [0.5, 0.6) is 0 Å². The molecule has 1 aromatic heterocycles. The summed E-state index contributed by atoms with van der Waals surface area (Å²) < 4.78 is 5.32. The van der Waals surface area contributed by atoms with Crippen molar-refractivity contribution in [2.45, 2.75) is 31.4 Å². The van der Waals surface area contributed by atoms with E-state index in [1.807, 2.05) is 0 Å². The first-order chi connectivity index (χ1) is 8.63. The molecule has 1 fully saturated rings. The fourth-order valence-electron chi connectivity index (χ4n) is 2.17. The first-order valence-electron chi connectivity index (χ1n) is 5.57. The lowest BCUT2D eigenvalue weighted by atomic mass is 10.2. The van der Waals surface area contributed by atoms with Gasteiger partial charge >= 0.3 is 5.69 Å². The Morgan fingerprint density at radius 2 is 2.33 bits per heavy atom. The van der Waals surface area contributed by atoms with Gasteiger partial charge in [-0.25, -0.2) is 9.97 Å². The van der Waals surface area contributed by atoms with Crippen LogP contribution in [-0.4, -0.2) is 34.1 Å². The zero-order chi connectivity index (χ0) is 13.1. The van der Waals surface area contributed by atoms with Crippen molar-refractivity contribution in [3.63, 3.8) is 0 Å². The van der Waals surface area contributed by atoms with E-state index in [0.29, 0.717) is 0 Å². The molecule has 1 N–H and O–H groups in total. The smallest absolute Gasteiger partial charge is 0.348 e. The van der Waals surface area contributed by atoms with Gasteiger partial charge in [-0.2, -0.15) is 0 Å². The Bertz CT molecular complexity index is 457. The van der Waals surface area contributed by atoms with Crippen LogP contribution in [0.1, 0.15) is 19.3 Å². The summed E-state index contributed by atoms with van der Waals surface area (Å²) in [5, 5.41) is 13.8. The van der Waals surface area contributed by atoms with Gasteiger partial charge in [0.05, 0.1) is 17.1 Å². The number of methoxy groups -OCH3 is 1. The second-order valence-electron chi connectivity index (χ2n) is 4.07. The van der Waals surface area contributed by atoms with E-state index in [1.54, 1.807) is 7.11 Å². The van der Waals surface area contributed by atoms with Gasteiger partial charge in [-0.1, -0.05) is 11.6 Å². The van der Waals surface area contributed by atoms with E-state index in [9.17, 15) is 10.1 Å². The van der Waals surface area contributed by atoms with Crippen LogP contribution in [0.25, 0.3) is 0 Å². The maximum atomic E-state index is 10.9. The predicted octanol–water partition coefficient (Wildman–Crippen LogP) is 2.02. The number of ether oxygens (including phenoxy) is 1. The Hall–Kier alpha value is -1.47. The van der Waals surface area contributed by atoms with Crippen LogP contribution in [0, 0.1) is 10.1 Å². The van der Waals surface area contributed by atoms with Crippen molar-refractivity contribution in [3.05, 3.63) is 21.6 Å². The predicted molar refractivity (Wildman–Crippen MR) is 65.8 cm³/mol. The third-order valence-corrected chi connectivity index (χ3v) is 3.31. The number of nitro groups is 1. The van der Waals surface area contributed by atoms with E-state index < -0.39 is 4.92 Å². The summed E-state index contributed by atoms with van der Waals surface area (Å²) in [4.78, 5) is 17.9. The molecule has 8 heteroatoms. The molecular formula is C10H13ClN4O3. The molecule has 1 aliphatic rings. The molecule has 0 amide bonds.